The Morgan fingerprint density at radius 3 is 1.25 bits per heavy atom. The van der Waals surface area contributed by atoms with Crippen LogP contribution in [-0.4, -0.2) is 9.97 Å². The summed E-state index contributed by atoms with van der Waals surface area (Å²) in [4.78, 5) is 10.6. The van der Waals surface area contributed by atoms with Gasteiger partial charge in [-0.1, -0.05) is 158 Å². The third kappa shape index (κ3) is 6.28. The summed E-state index contributed by atoms with van der Waals surface area (Å²) in [6, 6.07) is 72.2. The van der Waals surface area contributed by atoms with Crippen LogP contribution in [0, 0.1) is 0 Å². The van der Waals surface area contributed by atoms with Gasteiger partial charge < -0.3 is 4.42 Å². The fraction of sp³-hybridized carbons (Fsp3) is 0. The van der Waals surface area contributed by atoms with E-state index in [1.165, 1.54) is 0 Å². The van der Waals surface area contributed by atoms with E-state index in [0.29, 0.717) is 5.82 Å². The summed E-state index contributed by atoms with van der Waals surface area (Å²) in [6.45, 7) is 0. The quantitative estimate of drug-likeness (QED) is 0.166. The first kappa shape index (κ1) is 32.3. The van der Waals surface area contributed by atoms with Gasteiger partial charge in [0.25, 0.3) is 0 Å². The van der Waals surface area contributed by atoms with E-state index in [2.05, 4.69) is 176 Å². The average Bonchev–Trinajstić information content (AvgIpc) is 3.66. The summed E-state index contributed by atoms with van der Waals surface area (Å²) in [7, 11) is 0. The Morgan fingerprint density at radius 1 is 0.291 bits per heavy atom. The molecule has 0 N–H and O–H groups in total. The first-order chi connectivity index (χ1) is 27.2. The second kappa shape index (κ2) is 13.9. The highest BCUT2D eigenvalue weighted by atomic mass is 16.3. The molecule has 0 saturated carbocycles. The Labute approximate surface area is 319 Å². The maximum atomic E-state index is 6.55. The van der Waals surface area contributed by atoms with Crippen LogP contribution < -0.4 is 0 Å². The highest BCUT2D eigenvalue weighted by Crippen LogP contribution is 2.40. The van der Waals surface area contributed by atoms with Crippen LogP contribution in [0.2, 0.25) is 0 Å². The van der Waals surface area contributed by atoms with Crippen molar-refractivity contribution in [1.29, 1.82) is 0 Å². The summed E-state index contributed by atoms with van der Waals surface area (Å²) < 4.78 is 6.55. The van der Waals surface area contributed by atoms with Crippen LogP contribution in [0.4, 0.5) is 0 Å². The molecule has 2 aromatic heterocycles. The Balaban J connectivity index is 1.21. The highest BCUT2D eigenvalue weighted by molar-refractivity contribution is 6.09. The number of furan rings is 1. The van der Waals surface area contributed by atoms with Gasteiger partial charge in [0.1, 0.15) is 11.2 Å². The topological polar surface area (TPSA) is 38.9 Å². The van der Waals surface area contributed by atoms with Crippen LogP contribution >= 0.6 is 0 Å². The van der Waals surface area contributed by atoms with E-state index in [1.807, 2.05) is 30.3 Å². The fourth-order valence-corrected chi connectivity index (χ4v) is 7.53. The van der Waals surface area contributed by atoms with Crippen LogP contribution in [-0.2, 0) is 0 Å². The fourth-order valence-electron chi connectivity index (χ4n) is 7.53. The molecular formula is C52H34N2O. The Kier molecular flexibility index (Phi) is 8.16. The van der Waals surface area contributed by atoms with Gasteiger partial charge in [-0.15, -0.1) is 0 Å². The molecule has 2 heterocycles. The van der Waals surface area contributed by atoms with Gasteiger partial charge in [0.05, 0.1) is 11.4 Å². The molecule has 0 bridgehead atoms. The molecule has 3 heteroatoms. The molecule has 0 spiro atoms. The van der Waals surface area contributed by atoms with Crippen molar-refractivity contribution in [3.8, 4) is 78.4 Å². The average molecular weight is 703 g/mol. The first-order valence-electron chi connectivity index (χ1n) is 18.6. The van der Waals surface area contributed by atoms with Gasteiger partial charge in [-0.05, 0) is 87.5 Å². The molecular weight excluding hydrogens is 669 g/mol. The second-order valence-electron chi connectivity index (χ2n) is 13.8. The van der Waals surface area contributed by atoms with E-state index in [1.54, 1.807) is 0 Å². The van der Waals surface area contributed by atoms with Gasteiger partial charge in [0, 0.05) is 33.0 Å². The highest BCUT2D eigenvalue weighted by Gasteiger charge is 2.17. The Bertz CT molecular complexity index is 2900. The van der Waals surface area contributed by atoms with Gasteiger partial charge in [-0.25, -0.2) is 9.97 Å². The third-order valence-corrected chi connectivity index (χ3v) is 10.3. The van der Waals surface area contributed by atoms with E-state index < -0.39 is 0 Å². The zero-order valence-corrected chi connectivity index (χ0v) is 29.9. The van der Waals surface area contributed by atoms with Crippen LogP contribution in [0.15, 0.2) is 211 Å². The Hall–Kier alpha value is -7.36. The van der Waals surface area contributed by atoms with Crippen molar-refractivity contribution < 1.29 is 4.42 Å². The molecule has 8 aromatic carbocycles. The lowest BCUT2D eigenvalue weighted by molar-refractivity contribution is 0.670. The lowest BCUT2D eigenvalue weighted by atomic mass is 9.93. The Morgan fingerprint density at radius 2 is 0.709 bits per heavy atom. The number of nitrogens with zero attached hydrogens (tertiary/aromatic N) is 2. The monoisotopic (exact) mass is 702 g/mol. The number of para-hydroxylation sites is 2. The number of hydrogen-bond donors (Lipinski definition) is 0. The predicted octanol–water partition coefficient (Wildman–Crippen LogP) is 14.0. The van der Waals surface area contributed by atoms with Crippen molar-refractivity contribution >= 4 is 21.9 Å². The molecule has 0 unspecified atom stereocenters. The number of rotatable bonds is 7. The molecule has 258 valence electrons. The molecule has 0 aliphatic heterocycles. The van der Waals surface area contributed by atoms with Gasteiger partial charge in [0.15, 0.2) is 5.82 Å². The van der Waals surface area contributed by atoms with E-state index in [9.17, 15) is 0 Å². The minimum atomic E-state index is 0.672. The summed E-state index contributed by atoms with van der Waals surface area (Å²) in [6.07, 6.45) is 0. The molecule has 0 atom stereocenters. The van der Waals surface area contributed by atoms with Crippen LogP contribution in [0.3, 0.4) is 0 Å². The van der Waals surface area contributed by atoms with Gasteiger partial charge in [0.2, 0.25) is 0 Å². The molecule has 3 nitrogen and oxygen atoms in total. The number of benzene rings is 8. The third-order valence-electron chi connectivity index (χ3n) is 10.3. The van der Waals surface area contributed by atoms with Crippen molar-refractivity contribution in [2.24, 2.45) is 0 Å². The first-order valence-corrected chi connectivity index (χ1v) is 18.6. The molecule has 0 radical (unpaired) electrons. The van der Waals surface area contributed by atoms with E-state index in [4.69, 9.17) is 14.4 Å². The van der Waals surface area contributed by atoms with Gasteiger partial charge >= 0.3 is 0 Å². The lowest BCUT2D eigenvalue weighted by Gasteiger charge is -2.15. The number of fused-ring (bicyclic) bond motifs is 3. The SMILES string of the molecule is c1ccc(-c2cc(-c3ccccc3)cc(-c3cc(-c4cc(-c5ccccc5)cc(-c5cccc6c5oc5ccccc56)c4)nc(-c4ccccc4)n3)c2)cc1. The largest absolute Gasteiger partial charge is 0.455 e. The lowest BCUT2D eigenvalue weighted by Crippen LogP contribution is -1.97. The van der Waals surface area contributed by atoms with Crippen molar-refractivity contribution in [2.45, 2.75) is 0 Å². The van der Waals surface area contributed by atoms with Crippen molar-refractivity contribution in [2.75, 3.05) is 0 Å². The minimum absolute atomic E-state index is 0.672. The summed E-state index contributed by atoms with van der Waals surface area (Å²) >= 11 is 0. The molecule has 10 aromatic rings. The normalized spacial score (nSPS) is 11.3. The predicted molar refractivity (Wildman–Crippen MR) is 227 cm³/mol. The van der Waals surface area contributed by atoms with Crippen molar-refractivity contribution in [1.82, 2.24) is 9.97 Å². The van der Waals surface area contributed by atoms with Crippen LogP contribution in [0.25, 0.3) is 100 Å². The van der Waals surface area contributed by atoms with Gasteiger partial charge in [-0.2, -0.15) is 0 Å². The molecule has 0 aliphatic carbocycles. The molecule has 0 aliphatic rings. The molecule has 55 heavy (non-hydrogen) atoms. The van der Waals surface area contributed by atoms with E-state index in [0.717, 1.165) is 94.5 Å². The van der Waals surface area contributed by atoms with Crippen molar-refractivity contribution in [3.05, 3.63) is 206 Å². The van der Waals surface area contributed by atoms with Crippen molar-refractivity contribution in [3.63, 3.8) is 0 Å². The van der Waals surface area contributed by atoms with E-state index in [-0.39, 0.29) is 0 Å². The maximum Gasteiger partial charge on any atom is 0.160 e. The van der Waals surface area contributed by atoms with Crippen LogP contribution in [0.1, 0.15) is 0 Å². The van der Waals surface area contributed by atoms with Gasteiger partial charge in [-0.3, -0.25) is 0 Å². The molecule has 0 fully saturated rings. The van der Waals surface area contributed by atoms with Crippen LogP contribution in [0.5, 0.6) is 0 Å². The number of aromatic nitrogens is 2. The summed E-state index contributed by atoms with van der Waals surface area (Å²) in [5.41, 5.74) is 15.3. The van der Waals surface area contributed by atoms with E-state index >= 15 is 0 Å². The minimum Gasteiger partial charge on any atom is -0.455 e. The smallest absolute Gasteiger partial charge is 0.160 e. The summed E-state index contributed by atoms with van der Waals surface area (Å²) in [5, 5.41) is 2.21. The molecule has 0 saturated heterocycles. The molecule has 0 amide bonds. The maximum absolute atomic E-state index is 6.55. The zero-order valence-electron chi connectivity index (χ0n) is 29.9. The summed E-state index contributed by atoms with van der Waals surface area (Å²) in [5.74, 6) is 0.672. The zero-order chi connectivity index (χ0) is 36.6. The standard InChI is InChI=1S/C52H34N2O/c1-5-16-35(17-6-1)39-28-40(36-18-7-2-8-19-36)31-43(30-39)48-34-49(54-52(53-48)38-22-11-4-12-23-38)44-32-41(37-20-9-3-10-21-37)29-42(33-44)45-25-15-26-47-46-24-13-14-27-50(46)55-51(45)47/h1-34H. The molecule has 10 rings (SSSR count). The second-order valence-corrected chi connectivity index (χ2v) is 13.8. The number of hydrogen-bond acceptors (Lipinski definition) is 3.